The summed E-state index contributed by atoms with van der Waals surface area (Å²) >= 11 is 0. The molecule has 0 atom stereocenters. The molecule has 58 valence electrons. The minimum atomic E-state index is -0.574. The van der Waals surface area contributed by atoms with Crippen LogP contribution < -0.4 is 11.5 Å². The predicted octanol–water partition coefficient (Wildman–Crippen LogP) is -1.18. The van der Waals surface area contributed by atoms with Crippen molar-refractivity contribution >= 4 is 11.9 Å². The van der Waals surface area contributed by atoms with Crippen LogP contribution in [0.5, 0.6) is 0 Å². The fourth-order valence-electron chi connectivity index (χ4n) is 0.552. The van der Waals surface area contributed by atoms with Crippen LogP contribution in [-0.2, 0) is 0 Å². The van der Waals surface area contributed by atoms with Crippen molar-refractivity contribution < 1.29 is 4.79 Å². The summed E-state index contributed by atoms with van der Waals surface area (Å²) in [6.45, 7) is 0. The number of aromatic amines is 1. The Hall–Kier alpha value is -1.85. The number of aliphatic imine (C=N–C) groups is 1. The Kier molecular flexibility index (Phi) is 1.86. The summed E-state index contributed by atoms with van der Waals surface area (Å²) in [5.41, 5.74) is 9.93. The average Bonchev–Trinajstić information content (AvgIpc) is 2.35. The molecule has 1 heterocycles. The number of imidazole rings is 1. The summed E-state index contributed by atoms with van der Waals surface area (Å²) in [6.07, 6.45) is 2.95. The maximum atomic E-state index is 10.9. The van der Waals surface area contributed by atoms with Crippen LogP contribution in [0.25, 0.3) is 0 Å². The van der Waals surface area contributed by atoms with E-state index in [0.29, 0.717) is 0 Å². The highest BCUT2D eigenvalue weighted by molar-refractivity contribution is 5.99. The van der Waals surface area contributed by atoms with Crippen LogP contribution in [0, 0.1) is 0 Å². The van der Waals surface area contributed by atoms with Gasteiger partial charge in [0.15, 0.2) is 11.8 Å². The largest absolute Gasteiger partial charge is 0.370 e. The Labute approximate surface area is 62.3 Å². The first-order valence-corrected chi connectivity index (χ1v) is 2.83. The minimum Gasteiger partial charge on any atom is -0.370 e. The van der Waals surface area contributed by atoms with Gasteiger partial charge in [-0.25, -0.2) is 4.98 Å². The predicted molar refractivity (Wildman–Crippen MR) is 38.7 cm³/mol. The number of H-pyrrole nitrogens is 1. The molecule has 1 amide bonds. The van der Waals surface area contributed by atoms with Gasteiger partial charge in [0, 0.05) is 12.4 Å². The zero-order valence-corrected chi connectivity index (χ0v) is 5.61. The smallest absolute Gasteiger partial charge is 0.315 e. The quantitative estimate of drug-likeness (QED) is 0.348. The molecule has 0 saturated carbocycles. The third-order valence-corrected chi connectivity index (χ3v) is 0.931. The van der Waals surface area contributed by atoms with Crippen LogP contribution in [0.1, 0.15) is 10.6 Å². The second kappa shape index (κ2) is 2.82. The molecule has 0 saturated heterocycles. The number of hydrogen-bond acceptors (Lipinski definition) is 2. The highest BCUT2D eigenvalue weighted by atomic mass is 16.1. The molecule has 0 fully saturated rings. The number of nitrogens with zero attached hydrogens (tertiary/aromatic N) is 2. The Balaban J connectivity index is 2.80. The van der Waals surface area contributed by atoms with Crippen LogP contribution in [0.15, 0.2) is 17.4 Å². The molecule has 0 radical (unpaired) electrons. The number of amides is 1. The lowest BCUT2D eigenvalue weighted by Gasteiger charge is -1.88. The van der Waals surface area contributed by atoms with Crippen molar-refractivity contribution in [2.24, 2.45) is 16.5 Å². The van der Waals surface area contributed by atoms with Crippen LogP contribution in [0.2, 0.25) is 0 Å². The van der Waals surface area contributed by atoms with E-state index in [1.807, 2.05) is 0 Å². The van der Waals surface area contributed by atoms with E-state index in [4.69, 9.17) is 11.5 Å². The number of rotatable bonds is 1. The molecule has 0 spiro atoms. The number of hydrogen-bond donors (Lipinski definition) is 3. The zero-order chi connectivity index (χ0) is 8.27. The molecular weight excluding hydrogens is 146 g/mol. The fraction of sp³-hybridized carbons (Fsp3) is 0. The summed E-state index contributed by atoms with van der Waals surface area (Å²) in [5, 5.41) is 0. The first-order chi connectivity index (χ1) is 5.20. The highest BCUT2D eigenvalue weighted by Gasteiger charge is 2.04. The molecule has 5 N–H and O–H groups in total. The van der Waals surface area contributed by atoms with Gasteiger partial charge in [-0.05, 0) is 0 Å². The number of nitrogens with two attached hydrogens (primary N) is 2. The van der Waals surface area contributed by atoms with Gasteiger partial charge in [-0.15, -0.1) is 0 Å². The fourth-order valence-corrected chi connectivity index (χ4v) is 0.552. The molecule has 1 aromatic heterocycles. The standard InChI is InChI=1S/C5H7N5O/c6-5(7)10-4(11)3-8-1-2-9-3/h1-2H,(H,8,9)(H4,6,7,10,11). The molecule has 1 rings (SSSR count). The number of carbonyl (C=O) groups is 1. The molecule has 6 nitrogen and oxygen atoms in total. The molecule has 6 heteroatoms. The molecule has 0 aliphatic heterocycles. The summed E-state index contributed by atoms with van der Waals surface area (Å²) < 4.78 is 0. The summed E-state index contributed by atoms with van der Waals surface area (Å²) in [6, 6.07) is 0. The van der Waals surface area contributed by atoms with Crippen molar-refractivity contribution in [3.63, 3.8) is 0 Å². The third kappa shape index (κ3) is 1.78. The van der Waals surface area contributed by atoms with Crippen molar-refractivity contribution in [2.75, 3.05) is 0 Å². The van der Waals surface area contributed by atoms with Crippen LogP contribution in [0.3, 0.4) is 0 Å². The van der Waals surface area contributed by atoms with Crippen LogP contribution in [0.4, 0.5) is 0 Å². The van der Waals surface area contributed by atoms with Gasteiger partial charge in [0.25, 0.3) is 0 Å². The van der Waals surface area contributed by atoms with E-state index in [1.54, 1.807) is 0 Å². The first-order valence-electron chi connectivity index (χ1n) is 2.83. The Morgan fingerprint density at radius 3 is 2.82 bits per heavy atom. The topological polar surface area (TPSA) is 110 Å². The Bertz CT molecular complexity index is 271. The van der Waals surface area contributed by atoms with Gasteiger partial charge in [0.2, 0.25) is 0 Å². The van der Waals surface area contributed by atoms with E-state index < -0.39 is 5.91 Å². The van der Waals surface area contributed by atoms with E-state index in [-0.39, 0.29) is 11.8 Å². The Morgan fingerprint density at radius 2 is 2.36 bits per heavy atom. The van der Waals surface area contributed by atoms with Crippen molar-refractivity contribution in [3.05, 3.63) is 18.2 Å². The monoisotopic (exact) mass is 153 g/mol. The van der Waals surface area contributed by atoms with Crippen molar-refractivity contribution in [3.8, 4) is 0 Å². The van der Waals surface area contributed by atoms with Crippen LogP contribution in [-0.4, -0.2) is 21.8 Å². The number of carbonyl (C=O) groups excluding carboxylic acids is 1. The Morgan fingerprint density at radius 1 is 1.64 bits per heavy atom. The lowest BCUT2D eigenvalue weighted by molar-refractivity contribution is 0.0994. The third-order valence-electron chi connectivity index (χ3n) is 0.931. The number of nitrogens with one attached hydrogen (secondary N) is 1. The molecule has 0 aliphatic carbocycles. The van der Waals surface area contributed by atoms with Crippen LogP contribution >= 0.6 is 0 Å². The van der Waals surface area contributed by atoms with Gasteiger partial charge in [0.1, 0.15) is 0 Å². The van der Waals surface area contributed by atoms with E-state index >= 15 is 0 Å². The highest BCUT2D eigenvalue weighted by Crippen LogP contribution is 1.90. The van der Waals surface area contributed by atoms with Gasteiger partial charge in [-0.1, -0.05) is 0 Å². The summed E-state index contributed by atoms with van der Waals surface area (Å²) in [4.78, 5) is 20.3. The maximum Gasteiger partial charge on any atom is 0.315 e. The van der Waals surface area contributed by atoms with Crippen molar-refractivity contribution in [1.82, 2.24) is 9.97 Å². The maximum absolute atomic E-state index is 10.9. The molecule has 0 aromatic carbocycles. The average molecular weight is 153 g/mol. The van der Waals surface area contributed by atoms with Gasteiger partial charge in [-0.3, -0.25) is 4.79 Å². The van der Waals surface area contributed by atoms with Gasteiger partial charge in [-0.2, -0.15) is 4.99 Å². The molecular formula is C5H7N5O. The lowest BCUT2D eigenvalue weighted by atomic mass is 10.6. The van der Waals surface area contributed by atoms with E-state index in [9.17, 15) is 4.79 Å². The van der Waals surface area contributed by atoms with Crippen molar-refractivity contribution in [2.45, 2.75) is 0 Å². The molecule has 1 aromatic rings. The SMILES string of the molecule is NC(N)=NC(=O)c1ncc[nH]1. The number of aromatic nitrogens is 2. The van der Waals surface area contributed by atoms with E-state index in [2.05, 4.69) is 15.0 Å². The normalized spacial score (nSPS) is 9.09. The zero-order valence-electron chi connectivity index (χ0n) is 5.61. The number of guanidine groups is 1. The summed E-state index contributed by atoms with van der Waals surface area (Å²) in [7, 11) is 0. The lowest BCUT2D eigenvalue weighted by Crippen LogP contribution is -2.24. The van der Waals surface area contributed by atoms with Gasteiger partial charge in [0.05, 0.1) is 0 Å². The van der Waals surface area contributed by atoms with Crippen molar-refractivity contribution in [1.29, 1.82) is 0 Å². The van der Waals surface area contributed by atoms with Gasteiger partial charge < -0.3 is 16.5 Å². The molecule has 0 aliphatic rings. The van der Waals surface area contributed by atoms with E-state index in [1.165, 1.54) is 12.4 Å². The first kappa shape index (κ1) is 7.26. The summed E-state index contributed by atoms with van der Waals surface area (Å²) in [5.74, 6) is -0.722. The minimum absolute atomic E-state index is 0.124. The van der Waals surface area contributed by atoms with E-state index in [0.717, 1.165) is 0 Å². The second-order valence-corrected chi connectivity index (χ2v) is 1.78. The molecule has 0 unspecified atom stereocenters. The molecule has 0 bridgehead atoms. The second-order valence-electron chi connectivity index (χ2n) is 1.78. The van der Waals surface area contributed by atoms with Gasteiger partial charge >= 0.3 is 5.91 Å². The molecule has 11 heavy (non-hydrogen) atoms.